The summed E-state index contributed by atoms with van der Waals surface area (Å²) in [6, 6.07) is 0. The van der Waals surface area contributed by atoms with Gasteiger partial charge in [-0.1, -0.05) is 13.8 Å². The molecule has 0 spiro atoms. The van der Waals surface area contributed by atoms with Crippen molar-refractivity contribution in [3.05, 3.63) is 0 Å². The third kappa shape index (κ3) is 2.42. The molecule has 1 amide bonds. The molecule has 1 aliphatic heterocycles. The number of thiol groups is 1. The van der Waals surface area contributed by atoms with Crippen LogP contribution in [0.25, 0.3) is 0 Å². The molecule has 0 aromatic carbocycles. The molecule has 0 unspecified atom stereocenters. The number of amides is 1. The van der Waals surface area contributed by atoms with Crippen LogP contribution in [0.3, 0.4) is 0 Å². The van der Waals surface area contributed by atoms with Crippen LogP contribution in [0, 0.1) is 0 Å². The molecule has 1 fully saturated rings. The van der Waals surface area contributed by atoms with E-state index in [-0.39, 0.29) is 5.91 Å². The Labute approximate surface area is 91.6 Å². The first-order valence-corrected chi connectivity index (χ1v) is 5.81. The standard InChI is InChI=1S/C10H20N2OS/c1-3-10(14,4-2)9(13)12-7-5-11-6-8-12/h11,14H,3-8H2,1-2H3. The minimum absolute atomic E-state index is 0.201. The Kier molecular flexibility index (Phi) is 4.26. The Hall–Kier alpha value is -0.220. The molecule has 1 heterocycles. The predicted octanol–water partition coefficient (Wildman–Crippen LogP) is 0.907. The van der Waals surface area contributed by atoms with E-state index in [1.807, 2.05) is 18.7 Å². The summed E-state index contributed by atoms with van der Waals surface area (Å²) < 4.78 is -0.447. The number of nitrogens with one attached hydrogen (secondary N) is 1. The van der Waals surface area contributed by atoms with Gasteiger partial charge in [-0.25, -0.2) is 0 Å². The van der Waals surface area contributed by atoms with Crippen LogP contribution >= 0.6 is 12.6 Å². The van der Waals surface area contributed by atoms with Gasteiger partial charge in [-0.3, -0.25) is 4.79 Å². The number of rotatable bonds is 3. The van der Waals surface area contributed by atoms with Crippen molar-refractivity contribution in [2.75, 3.05) is 26.2 Å². The van der Waals surface area contributed by atoms with Crippen molar-refractivity contribution in [1.29, 1.82) is 0 Å². The lowest BCUT2D eigenvalue weighted by Crippen LogP contribution is -2.52. The van der Waals surface area contributed by atoms with Crippen molar-refractivity contribution in [1.82, 2.24) is 10.2 Å². The topological polar surface area (TPSA) is 32.3 Å². The summed E-state index contributed by atoms with van der Waals surface area (Å²) in [6.45, 7) is 7.50. The van der Waals surface area contributed by atoms with Crippen LogP contribution < -0.4 is 5.32 Å². The summed E-state index contributed by atoms with van der Waals surface area (Å²) in [7, 11) is 0. The molecule has 14 heavy (non-hydrogen) atoms. The first-order valence-electron chi connectivity index (χ1n) is 5.36. The fourth-order valence-corrected chi connectivity index (χ4v) is 1.86. The van der Waals surface area contributed by atoms with Crippen molar-refractivity contribution in [2.24, 2.45) is 0 Å². The van der Waals surface area contributed by atoms with E-state index in [4.69, 9.17) is 0 Å². The molecule has 0 saturated carbocycles. The zero-order chi connectivity index (χ0) is 10.6. The second kappa shape index (κ2) is 5.03. The third-order valence-electron chi connectivity index (χ3n) is 2.97. The van der Waals surface area contributed by atoms with Gasteiger partial charge in [0.2, 0.25) is 5.91 Å². The lowest BCUT2D eigenvalue weighted by Gasteiger charge is -2.35. The highest BCUT2D eigenvalue weighted by Crippen LogP contribution is 2.26. The maximum atomic E-state index is 12.1. The van der Waals surface area contributed by atoms with Gasteiger partial charge in [0.1, 0.15) is 0 Å². The number of carbonyl (C=O) groups excluding carboxylic acids is 1. The SMILES string of the molecule is CCC(S)(CC)C(=O)N1CCNCC1. The van der Waals surface area contributed by atoms with Gasteiger partial charge in [0.15, 0.2) is 0 Å². The lowest BCUT2D eigenvalue weighted by atomic mass is 10.00. The third-order valence-corrected chi connectivity index (χ3v) is 3.80. The Bertz CT molecular complexity index is 198. The number of hydrogen-bond donors (Lipinski definition) is 2. The van der Waals surface area contributed by atoms with Crippen molar-refractivity contribution < 1.29 is 4.79 Å². The van der Waals surface area contributed by atoms with E-state index in [2.05, 4.69) is 17.9 Å². The zero-order valence-corrected chi connectivity index (χ0v) is 9.94. The summed E-state index contributed by atoms with van der Waals surface area (Å²) >= 11 is 4.51. The molecule has 0 radical (unpaired) electrons. The monoisotopic (exact) mass is 216 g/mol. The Morgan fingerprint density at radius 1 is 1.36 bits per heavy atom. The van der Waals surface area contributed by atoms with E-state index in [1.54, 1.807) is 0 Å². The van der Waals surface area contributed by atoms with Crippen LogP contribution in [0.4, 0.5) is 0 Å². The van der Waals surface area contributed by atoms with E-state index in [9.17, 15) is 4.79 Å². The van der Waals surface area contributed by atoms with Crippen LogP contribution in [0.1, 0.15) is 26.7 Å². The van der Waals surface area contributed by atoms with Gasteiger partial charge in [-0.2, -0.15) is 12.6 Å². The van der Waals surface area contributed by atoms with Crippen LogP contribution in [0.2, 0.25) is 0 Å². The predicted molar refractivity (Wildman–Crippen MR) is 61.7 cm³/mol. The second-order valence-electron chi connectivity index (χ2n) is 3.78. The van der Waals surface area contributed by atoms with Crippen LogP contribution in [0.5, 0.6) is 0 Å². The summed E-state index contributed by atoms with van der Waals surface area (Å²) in [5.74, 6) is 0.201. The van der Waals surface area contributed by atoms with Crippen molar-refractivity contribution in [2.45, 2.75) is 31.4 Å². The summed E-state index contributed by atoms with van der Waals surface area (Å²) in [6.07, 6.45) is 1.60. The zero-order valence-electron chi connectivity index (χ0n) is 9.05. The number of piperazine rings is 1. The fourth-order valence-electron chi connectivity index (χ4n) is 1.71. The summed E-state index contributed by atoms with van der Waals surface area (Å²) in [5.41, 5.74) is 0. The highest BCUT2D eigenvalue weighted by molar-refractivity contribution is 7.82. The first kappa shape index (κ1) is 11.9. The van der Waals surface area contributed by atoms with Crippen LogP contribution in [-0.4, -0.2) is 41.7 Å². The molecule has 1 rings (SSSR count). The van der Waals surface area contributed by atoms with Gasteiger partial charge < -0.3 is 10.2 Å². The Morgan fingerprint density at radius 3 is 2.29 bits per heavy atom. The summed E-state index contributed by atoms with van der Waals surface area (Å²) in [5, 5.41) is 3.24. The van der Waals surface area contributed by atoms with E-state index < -0.39 is 4.75 Å². The highest BCUT2D eigenvalue weighted by atomic mass is 32.1. The van der Waals surface area contributed by atoms with E-state index in [1.165, 1.54) is 0 Å². The number of carbonyl (C=O) groups is 1. The van der Waals surface area contributed by atoms with Gasteiger partial charge >= 0.3 is 0 Å². The highest BCUT2D eigenvalue weighted by Gasteiger charge is 2.34. The van der Waals surface area contributed by atoms with Gasteiger partial charge in [-0.15, -0.1) is 0 Å². The maximum absolute atomic E-state index is 12.1. The normalized spacial score (nSPS) is 18.4. The van der Waals surface area contributed by atoms with Gasteiger partial charge in [0, 0.05) is 26.2 Å². The lowest BCUT2D eigenvalue weighted by molar-refractivity contribution is -0.134. The minimum Gasteiger partial charge on any atom is -0.339 e. The molecule has 1 saturated heterocycles. The number of nitrogens with zero attached hydrogens (tertiary/aromatic N) is 1. The van der Waals surface area contributed by atoms with Crippen LogP contribution in [-0.2, 0) is 4.79 Å². The van der Waals surface area contributed by atoms with E-state index in [0.717, 1.165) is 39.0 Å². The van der Waals surface area contributed by atoms with Crippen molar-refractivity contribution >= 4 is 18.5 Å². The molecule has 82 valence electrons. The van der Waals surface area contributed by atoms with E-state index in [0.29, 0.717) is 0 Å². The molecule has 0 atom stereocenters. The molecule has 1 N–H and O–H groups in total. The molecule has 0 aliphatic carbocycles. The largest absolute Gasteiger partial charge is 0.339 e. The molecular formula is C10H20N2OS. The quantitative estimate of drug-likeness (QED) is 0.687. The molecule has 0 bridgehead atoms. The smallest absolute Gasteiger partial charge is 0.238 e. The second-order valence-corrected chi connectivity index (χ2v) is 4.64. The maximum Gasteiger partial charge on any atom is 0.238 e. The average molecular weight is 216 g/mol. The van der Waals surface area contributed by atoms with Crippen molar-refractivity contribution in [3.63, 3.8) is 0 Å². The molecule has 4 heteroatoms. The van der Waals surface area contributed by atoms with Gasteiger partial charge in [0.25, 0.3) is 0 Å². The first-order chi connectivity index (χ1) is 6.64. The molecular weight excluding hydrogens is 196 g/mol. The Balaban J connectivity index is 2.61. The summed E-state index contributed by atoms with van der Waals surface area (Å²) in [4.78, 5) is 14.0. The molecule has 0 aromatic heterocycles. The molecule has 3 nitrogen and oxygen atoms in total. The number of hydrogen-bond acceptors (Lipinski definition) is 3. The Morgan fingerprint density at radius 2 is 1.86 bits per heavy atom. The molecule has 0 aromatic rings. The molecule has 1 aliphatic rings. The minimum atomic E-state index is -0.447. The van der Waals surface area contributed by atoms with Gasteiger partial charge in [-0.05, 0) is 12.8 Å². The fraction of sp³-hybridized carbons (Fsp3) is 0.900. The average Bonchev–Trinajstić information content (AvgIpc) is 2.28. The van der Waals surface area contributed by atoms with Crippen LogP contribution in [0.15, 0.2) is 0 Å². The van der Waals surface area contributed by atoms with E-state index >= 15 is 0 Å². The van der Waals surface area contributed by atoms with Gasteiger partial charge in [0.05, 0.1) is 4.75 Å². The van der Waals surface area contributed by atoms with Crippen molar-refractivity contribution in [3.8, 4) is 0 Å².